The van der Waals surface area contributed by atoms with Crippen molar-refractivity contribution >= 4 is 23.8 Å². The summed E-state index contributed by atoms with van der Waals surface area (Å²) in [5, 5.41) is 41.5. The number of carboxylic acids is 1. The zero-order valence-electron chi connectivity index (χ0n) is 16.6. The molecule has 0 aromatic rings. The number of carboxylic acid groups (broad SMARTS) is 1. The van der Waals surface area contributed by atoms with Crippen LogP contribution in [-0.2, 0) is 14.4 Å². The SMILES string of the molecule is O=C(O)CNC(=O)C1C(=O)N(C2CCC(O)CC2)C(=O)N([C@H]2CCC[C@H](O)C2)C1O. The molecular formula is C19H29N3O8. The fourth-order valence-corrected chi connectivity index (χ4v) is 4.71. The normalized spacial score (nSPS) is 35.3. The molecule has 1 saturated heterocycles. The van der Waals surface area contributed by atoms with Crippen molar-refractivity contribution in [2.24, 2.45) is 5.92 Å². The van der Waals surface area contributed by atoms with Crippen LogP contribution in [0.15, 0.2) is 0 Å². The van der Waals surface area contributed by atoms with Crippen LogP contribution in [0.25, 0.3) is 0 Å². The van der Waals surface area contributed by atoms with E-state index in [4.69, 9.17) is 5.11 Å². The van der Waals surface area contributed by atoms with Gasteiger partial charge < -0.3 is 25.7 Å². The van der Waals surface area contributed by atoms with Gasteiger partial charge >= 0.3 is 12.0 Å². The number of carbonyl (C=O) groups is 4. The summed E-state index contributed by atoms with van der Waals surface area (Å²) in [7, 11) is 0. The molecule has 0 spiro atoms. The van der Waals surface area contributed by atoms with Crippen LogP contribution < -0.4 is 5.32 Å². The molecule has 3 aliphatic rings. The molecule has 3 rings (SSSR count). The number of hydrogen-bond donors (Lipinski definition) is 5. The summed E-state index contributed by atoms with van der Waals surface area (Å²) in [6.45, 7) is -0.721. The third-order valence-electron chi connectivity index (χ3n) is 6.25. The number of aliphatic hydroxyl groups excluding tert-OH is 3. The Hall–Kier alpha value is -2.24. The first-order chi connectivity index (χ1) is 14.2. The molecule has 2 unspecified atom stereocenters. The molecule has 2 aliphatic carbocycles. The molecule has 4 amide bonds. The number of amides is 4. The second-order valence-electron chi connectivity index (χ2n) is 8.34. The fourth-order valence-electron chi connectivity index (χ4n) is 4.71. The fraction of sp³-hybridized carbons (Fsp3) is 0.789. The largest absolute Gasteiger partial charge is 0.480 e. The Morgan fingerprint density at radius 1 is 0.933 bits per heavy atom. The Morgan fingerprint density at radius 2 is 1.60 bits per heavy atom. The molecule has 0 radical (unpaired) electrons. The maximum atomic E-state index is 13.3. The van der Waals surface area contributed by atoms with Crippen molar-refractivity contribution in [3.8, 4) is 0 Å². The number of nitrogens with one attached hydrogen (secondary N) is 1. The first-order valence-corrected chi connectivity index (χ1v) is 10.4. The summed E-state index contributed by atoms with van der Waals surface area (Å²) in [5.74, 6) is -4.80. The highest BCUT2D eigenvalue weighted by molar-refractivity contribution is 6.09. The lowest BCUT2D eigenvalue weighted by atomic mass is 9.87. The van der Waals surface area contributed by atoms with Crippen molar-refractivity contribution in [1.82, 2.24) is 15.1 Å². The maximum absolute atomic E-state index is 13.3. The Balaban J connectivity index is 1.89. The standard InChI is InChI=1S/C19H29N3O8/c23-12-6-4-10(5-7-12)21-17(28)15(16(27)20-9-14(25)26)18(29)22(19(21)30)11-2-1-3-13(24)8-11/h10-13,15,18,23-24,29H,1-9H2,(H,20,27)(H,25,26)/t10?,11-,12?,13-,15?,18?/m0/s1. The lowest BCUT2D eigenvalue weighted by Gasteiger charge is -2.49. The zero-order chi connectivity index (χ0) is 22.0. The number of urea groups is 1. The Bertz CT molecular complexity index is 693. The monoisotopic (exact) mass is 427 g/mol. The van der Waals surface area contributed by atoms with E-state index < -0.39 is 66.8 Å². The van der Waals surface area contributed by atoms with E-state index in [9.17, 15) is 34.5 Å². The molecule has 1 aliphatic heterocycles. The van der Waals surface area contributed by atoms with Crippen molar-refractivity contribution in [2.45, 2.75) is 81.9 Å². The van der Waals surface area contributed by atoms with Crippen molar-refractivity contribution in [2.75, 3.05) is 6.54 Å². The average molecular weight is 427 g/mol. The van der Waals surface area contributed by atoms with Gasteiger partial charge in [0.15, 0.2) is 12.1 Å². The lowest BCUT2D eigenvalue weighted by molar-refractivity contribution is -0.164. The molecule has 0 aromatic carbocycles. The third-order valence-corrected chi connectivity index (χ3v) is 6.25. The van der Waals surface area contributed by atoms with Crippen LogP contribution in [0.2, 0.25) is 0 Å². The van der Waals surface area contributed by atoms with Crippen LogP contribution in [-0.4, -0.2) is 91.1 Å². The van der Waals surface area contributed by atoms with Crippen LogP contribution >= 0.6 is 0 Å². The summed E-state index contributed by atoms with van der Waals surface area (Å²) < 4.78 is 0. The maximum Gasteiger partial charge on any atom is 0.329 e. The minimum Gasteiger partial charge on any atom is -0.480 e. The molecular weight excluding hydrogens is 398 g/mol. The van der Waals surface area contributed by atoms with Crippen LogP contribution in [0.3, 0.4) is 0 Å². The van der Waals surface area contributed by atoms with Gasteiger partial charge in [-0.05, 0) is 51.4 Å². The summed E-state index contributed by atoms with van der Waals surface area (Å²) in [6.07, 6.45) is 0.567. The molecule has 2 saturated carbocycles. The van der Waals surface area contributed by atoms with Gasteiger partial charge in [-0.15, -0.1) is 0 Å². The van der Waals surface area contributed by atoms with Gasteiger partial charge in [0.25, 0.3) is 0 Å². The number of hydrogen-bond acceptors (Lipinski definition) is 7. The number of nitrogens with zero attached hydrogens (tertiary/aromatic N) is 2. The highest BCUT2D eigenvalue weighted by Crippen LogP contribution is 2.34. The zero-order valence-corrected chi connectivity index (χ0v) is 16.6. The first kappa shape index (κ1) is 22.4. The van der Waals surface area contributed by atoms with Gasteiger partial charge in [-0.3, -0.25) is 24.2 Å². The van der Waals surface area contributed by atoms with Crippen LogP contribution in [0.5, 0.6) is 0 Å². The molecule has 3 fully saturated rings. The van der Waals surface area contributed by atoms with E-state index >= 15 is 0 Å². The summed E-state index contributed by atoms with van der Waals surface area (Å²) in [5.41, 5.74) is 0. The predicted octanol–water partition coefficient (Wildman–Crippen LogP) is -1.01. The molecule has 0 bridgehead atoms. The average Bonchev–Trinajstić information content (AvgIpc) is 2.68. The lowest BCUT2D eigenvalue weighted by Crippen LogP contribution is -2.69. The number of aliphatic hydroxyl groups is 3. The van der Waals surface area contributed by atoms with Gasteiger partial charge in [-0.2, -0.15) is 0 Å². The molecule has 1 heterocycles. The van der Waals surface area contributed by atoms with Crippen molar-refractivity contribution in [3.05, 3.63) is 0 Å². The Kier molecular flexibility index (Phi) is 6.94. The molecule has 5 N–H and O–H groups in total. The van der Waals surface area contributed by atoms with Crippen molar-refractivity contribution < 1.29 is 39.6 Å². The Morgan fingerprint density at radius 3 is 2.20 bits per heavy atom. The van der Waals surface area contributed by atoms with E-state index in [-0.39, 0.29) is 6.42 Å². The molecule has 4 atom stereocenters. The molecule has 30 heavy (non-hydrogen) atoms. The summed E-state index contributed by atoms with van der Waals surface area (Å²) in [4.78, 5) is 51.9. The minimum absolute atomic E-state index is 0.220. The molecule has 168 valence electrons. The number of carbonyl (C=O) groups excluding carboxylic acids is 3. The third kappa shape index (κ3) is 4.57. The number of rotatable bonds is 5. The second-order valence-corrected chi connectivity index (χ2v) is 8.34. The highest BCUT2D eigenvalue weighted by atomic mass is 16.4. The van der Waals surface area contributed by atoms with Gasteiger partial charge in [0.1, 0.15) is 6.54 Å². The molecule has 11 nitrogen and oxygen atoms in total. The number of aliphatic carboxylic acids is 1. The molecule has 11 heteroatoms. The van der Waals surface area contributed by atoms with Gasteiger partial charge in [-0.1, -0.05) is 0 Å². The Labute approximate surface area is 173 Å². The van der Waals surface area contributed by atoms with Crippen molar-refractivity contribution in [3.63, 3.8) is 0 Å². The first-order valence-electron chi connectivity index (χ1n) is 10.4. The van der Waals surface area contributed by atoms with Crippen LogP contribution in [0.4, 0.5) is 4.79 Å². The smallest absolute Gasteiger partial charge is 0.329 e. The topological polar surface area (TPSA) is 168 Å². The van der Waals surface area contributed by atoms with E-state index in [1.807, 2.05) is 0 Å². The van der Waals surface area contributed by atoms with E-state index in [2.05, 4.69) is 5.32 Å². The van der Waals surface area contributed by atoms with E-state index in [1.54, 1.807) is 0 Å². The van der Waals surface area contributed by atoms with Gasteiger partial charge in [-0.25, -0.2) is 4.79 Å². The van der Waals surface area contributed by atoms with Gasteiger partial charge in [0.05, 0.1) is 12.2 Å². The predicted molar refractivity (Wildman–Crippen MR) is 101 cm³/mol. The van der Waals surface area contributed by atoms with E-state index in [0.717, 1.165) is 9.80 Å². The minimum atomic E-state index is -1.75. The van der Waals surface area contributed by atoms with Gasteiger partial charge in [0, 0.05) is 12.1 Å². The van der Waals surface area contributed by atoms with Gasteiger partial charge in [0.2, 0.25) is 11.8 Å². The van der Waals surface area contributed by atoms with E-state index in [1.165, 1.54) is 0 Å². The molecule has 0 aromatic heterocycles. The number of imide groups is 1. The second kappa shape index (κ2) is 9.27. The van der Waals surface area contributed by atoms with Crippen LogP contribution in [0, 0.1) is 5.92 Å². The van der Waals surface area contributed by atoms with Crippen LogP contribution in [0.1, 0.15) is 51.4 Å². The van der Waals surface area contributed by atoms with E-state index in [0.29, 0.717) is 44.9 Å². The summed E-state index contributed by atoms with van der Waals surface area (Å²) >= 11 is 0. The van der Waals surface area contributed by atoms with Crippen molar-refractivity contribution in [1.29, 1.82) is 0 Å². The highest BCUT2D eigenvalue weighted by Gasteiger charge is 2.53. The summed E-state index contributed by atoms with van der Waals surface area (Å²) in [6, 6.07) is -1.78. The quantitative estimate of drug-likeness (QED) is 0.348.